The average molecular weight is 242 g/mol. The van der Waals surface area contributed by atoms with Crippen LogP contribution in [0.25, 0.3) is 11.2 Å². The van der Waals surface area contributed by atoms with Crippen molar-refractivity contribution in [1.82, 2.24) is 19.5 Å². The molecule has 5 nitrogen and oxygen atoms in total. The molecule has 0 aromatic carbocycles. The van der Waals surface area contributed by atoms with Gasteiger partial charge < -0.3 is 17.0 Å². The van der Waals surface area contributed by atoms with Crippen LogP contribution in [0.15, 0.2) is 12.7 Å². The third-order valence-electron chi connectivity index (χ3n) is 2.46. The molecular formula is C10H16ClN5. The van der Waals surface area contributed by atoms with Crippen LogP contribution < -0.4 is 17.7 Å². The van der Waals surface area contributed by atoms with E-state index in [1.807, 2.05) is 18.7 Å². The zero-order chi connectivity index (χ0) is 10.7. The Morgan fingerprint density at radius 2 is 2.12 bits per heavy atom. The summed E-state index contributed by atoms with van der Waals surface area (Å²) in [6, 6.07) is 0. The predicted molar refractivity (Wildman–Crippen MR) is 57.7 cm³/mol. The van der Waals surface area contributed by atoms with Gasteiger partial charge in [0.2, 0.25) is 0 Å². The van der Waals surface area contributed by atoms with Gasteiger partial charge in [0, 0.05) is 6.54 Å². The highest BCUT2D eigenvalue weighted by Gasteiger charge is 2.10. The molecule has 0 aliphatic carbocycles. The number of aromatic nitrogens is 4. The Bertz CT molecular complexity index is 453. The number of quaternary nitrogens is 1. The molecule has 0 saturated carbocycles. The molecule has 0 unspecified atom stereocenters. The molecule has 0 spiro atoms. The fourth-order valence-electron chi connectivity index (χ4n) is 1.60. The molecule has 0 bridgehead atoms. The van der Waals surface area contributed by atoms with Crippen molar-refractivity contribution >= 4 is 17.0 Å². The minimum atomic E-state index is 0. The zero-order valence-corrected chi connectivity index (χ0v) is 10.3. The summed E-state index contributed by atoms with van der Waals surface area (Å²) in [5.74, 6) is 0.912. The van der Waals surface area contributed by atoms with Crippen LogP contribution in [-0.2, 0) is 6.54 Å². The van der Waals surface area contributed by atoms with E-state index in [1.165, 1.54) is 6.42 Å². The van der Waals surface area contributed by atoms with Crippen molar-refractivity contribution in [3.8, 4) is 0 Å². The highest BCUT2D eigenvalue weighted by atomic mass is 35.5. The second-order valence-electron chi connectivity index (χ2n) is 3.51. The number of hydrogen-bond acceptors (Lipinski definition) is 3. The SMILES string of the molecule is CCCCn1cnc2c([NH2+]C)ncnc21.[Cl-]. The maximum Gasteiger partial charge on any atom is 0.255 e. The van der Waals surface area contributed by atoms with Gasteiger partial charge in [-0.2, -0.15) is 4.98 Å². The average Bonchev–Trinajstić information content (AvgIpc) is 2.69. The van der Waals surface area contributed by atoms with Gasteiger partial charge in [-0.05, 0) is 6.42 Å². The maximum atomic E-state index is 4.35. The highest BCUT2D eigenvalue weighted by Crippen LogP contribution is 2.13. The molecule has 0 aliphatic rings. The number of halogens is 1. The zero-order valence-electron chi connectivity index (χ0n) is 9.52. The number of fused-ring (bicyclic) bond motifs is 1. The lowest BCUT2D eigenvalue weighted by Crippen LogP contribution is -3.00. The number of aryl methyl sites for hydroxylation is 1. The van der Waals surface area contributed by atoms with E-state index in [9.17, 15) is 0 Å². The summed E-state index contributed by atoms with van der Waals surface area (Å²) >= 11 is 0. The van der Waals surface area contributed by atoms with Gasteiger partial charge in [0.15, 0.2) is 11.2 Å². The van der Waals surface area contributed by atoms with Crippen molar-refractivity contribution in [2.24, 2.45) is 0 Å². The van der Waals surface area contributed by atoms with Gasteiger partial charge in [-0.3, -0.25) is 5.32 Å². The number of imidazole rings is 1. The quantitative estimate of drug-likeness (QED) is 0.642. The van der Waals surface area contributed by atoms with Crippen LogP contribution >= 0.6 is 0 Å². The fraction of sp³-hybridized carbons (Fsp3) is 0.500. The Kier molecular flexibility index (Phi) is 4.64. The van der Waals surface area contributed by atoms with Gasteiger partial charge in [-0.1, -0.05) is 13.3 Å². The van der Waals surface area contributed by atoms with E-state index in [4.69, 9.17) is 0 Å². The van der Waals surface area contributed by atoms with Crippen LogP contribution in [0.2, 0.25) is 0 Å². The first-order valence-electron chi connectivity index (χ1n) is 5.32. The van der Waals surface area contributed by atoms with Gasteiger partial charge in [0.05, 0.1) is 13.4 Å². The number of nitrogens with zero attached hydrogens (tertiary/aromatic N) is 4. The van der Waals surface area contributed by atoms with E-state index in [-0.39, 0.29) is 12.4 Å². The molecular weight excluding hydrogens is 226 g/mol. The second kappa shape index (κ2) is 5.77. The first-order chi connectivity index (χ1) is 7.36. The standard InChI is InChI=1S/C10H15N5.ClH/c1-3-4-5-15-7-14-8-9(11-2)12-6-13-10(8)15;/h6-7H,3-5H2,1-2H3,(H,11,12,13);1H. The third-order valence-corrected chi connectivity index (χ3v) is 2.46. The monoisotopic (exact) mass is 241 g/mol. The summed E-state index contributed by atoms with van der Waals surface area (Å²) in [5, 5.41) is 1.96. The second-order valence-corrected chi connectivity index (χ2v) is 3.51. The van der Waals surface area contributed by atoms with Crippen molar-refractivity contribution in [2.45, 2.75) is 26.3 Å². The third kappa shape index (κ3) is 2.31. The molecule has 0 fully saturated rings. The number of nitrogens with two attached hydrogens (primary N) is 1. The normalized spacial score (nSPS) is 10.4. The highest BCUT2D eigenvalue weighted by molar-refractivity contribution is 5.78. The Labute approximate surface area is 101 Å². The molecule has 0 amide bonds. The van der Waals surface area contributed by atoms with Crippen LogP contribution in [0.4, 0.5) is 5.82 Å². The lowest BCUT2D eigenvalue weighted by atomic mass is 10.3. The number of unbranched alkanes of at least 4 members (excludes halogenated alkanes) is 1. The summed E-state index contributed by atoms with van der Waals surface area (Å²) in [4.78, 5) is 12.8. The Morgan fingerprint density at radius 1 is 1.31 bits per heavy atom. The largest absolute Gasteiger partial charge is 1.00 e. The predicted octanol–water partition coefficient (Wildman–Crippen LogP) is -2.54. The molecule has 0 saturated heterocycles. The van der Waals surface area contributed by atoms with E-state index < -0.39 is 0 Å². The molecule has 6 heteroatoms. The topological polar surface area (TPSA) is 60.2 Å². The molecule has 2 rings (SSSR count). The Balaban J connectivity index is 0.00000128. The summed E-state index contributed by atoms with van der Waals surface area (Å²) < 4.78 is 2.09. The molecule has 16 heavy (non-hydrogen) atoms. The summed E-state index contributed by atoms with van der Waals surface area (Å²) in [5.41, 5.74) is 1.84. The van der Waals surface area contributed by atoms with Crippen LogP contribution in [0.3, 0.4) is 0 Å². The van der Waals surface area contributed by atoms with Crippen LogP contribution in [0.5, 0.6) is 0 Å². The lowest BCUT2D eigenvalue weighted by molar-refractivity contribution is -0.541. The lowest BCUT2D eigenvalue weighted by Gasteiger charge is -2.01. The molecule has 2 heterocycles. The summed E-state index contributed by atoms with van der Waals surface area (Å²) in [6.45, 7) is 3.16. The molecule has 0 radical (unpaired) electrons. The first-order valence-corrected chi connectivity index (χ1v) is 5.32. The van der Waals surface area contributed by atoms with E-state index in [2.05, 4.69) is 26.4 Å². The van der Waals surface area contributed by atoms with Crippen LogP contribution in [0, 0.1) is 0 Å². The Morgan fingerprint density at radius 3 is 2.81 bits per heavy atom. The first kappa shape index (κ1) is 12.9. The summed E-state index contributed by atoms with van der Waals surface area (Å²) in [7, 11) is 1.97. The van der Waals surface area contributed by atoms with Gasteiger partial charge in [-0.15, -0.1) is 0 Å². The van der Waals surface area contributed by atoms with Crippen molar-refractivity contribution in [2.75, 3.05) is 7.05 Å². The molecule has 2 N–H and O–H groups in total. The fourth-order valence-corrected chi connectivity index (χ4v) is 1.60. The van der Waals surface area contributed by atoms with Crippen molar-refractivity contribution < 1.29 is 17.7 Å². The minimum Gasteiger partial charge on any atom is -1.00 e. The Hall–Kier alpha value is -1.20. The molecule has 2 aromatic heterocycles. The van der Waals surface area contributed by atoms with Gasteiger partial charge in [0.1, 0.15) is 6.33 Å². The minimum absolute atomic E-state index is 0. The van der Waals surface area contributed by atoms with Crippen molar-refractivity contribution in [1.29, 1.82) is 0 Å². The molecule has 0 atom stereocenters. The van der Waals surface area contributed by atoms with Gasteiger partial charge in [-0.25, -0.2) is 9.97 Å². The van der Waals surface area contributed by atoms with Crippen molar-refractivity contribution in [3.05, 3.63) is 12.7 Å². The number of rotatable bonds is 4. The maximum absolute atomic E-state index is 4.35. The van der Waals surface area contributed by atoms with Crippen LogP contribution in [0.1, 0.15) is 19.8 Å². The van der Waals surface area contributed by atoms with E-state index >= 15 is 0 Å². The number of hydrogen-bond donors (Lipinski definition) is 1. The van der Waals surface area contributed by atoms with Gasteiger partial charge in [0.25, 0.3) is 5.82 Å². The van der Waals surface area contributed by atoms with E-state index in [1.54, 1.807) is 6.33 Å². The molecule has 0 aliphatic heterocycles. The van der Waals surface area contributed by atoms with E-state index in [0.29, 0.717) is 0 Å². The van der Waals surface area contributed by atoms with Crippen LogP contribution in [-0.4, -0.2) is 26.6 Å². The molecule has 88 valence electrons. The van der Waals surface area contributed by atoms with Gasteiger partial charge >= 0.3 is 0 Å². The van der Waals surface area contributed by atoms with E-state index in [0.717, 1.165) is 29.9 Å². The summed E-state index contributed by atoms with van der Waals surface area (Å²) in [6.07, 6.45) is 5.78. The smallest absolute Gasteiger partial charge is 0.255 e. The molecule has 2 aromatic rings. The van der Waals surface area contributed by atoms with Crippen molar-refractivity contribution in [3.63, 3.8) is 0 Å².